The number of methoxy groups -OCH3 is 3. The van der Waals surface area contributed by atoms with Crippen LogP contribution >= 0.6 is 11.3 Å². The Hall–Kier alpha value is -1.71. The largest absolute Gasteiger partial charge is 0.469 e. The first-order valence-corrected chi connectivity index (χ1v) is 10.0. The Balaban J connectivity index is 2.33. The Bertz CT molecular complexity index is 686. The number of carbonyl (C=O) groups excluding carboxylic acids is 2. The molecule has 28 heavy (non-hydrogen) atoms. The summed E-state index contributed by atoms with van der Waals surface area (Å²) in [4.78, 5) is 31.6. The molecule has 1 saturated heterocycles. The Kier molecular flexibility index (Phi) is 7.41. The van der Waals surface area contributed by atoms with Crippen molar-refractivity contribution in [2.75, 3.05) is 34.5 Å². The number of thiazole rings is 1. The van der Waals surface area contributed by atoms with Crippen LogP contribution in [0.15, 0.2) is 6.20 Å². The van der Waals surface area contributed by atoms with Gasteiger partial charge in [0.1, 0.15) is 16.1 Å². The molecule has 0 N–H and O–H groups in total. The van der Waals surface area contributed by atoms with Crippen LogP contribution in [0.5, 0.6) is 0 Å². The number of ether oxygens (including phenoxy) is 4. The number of hydrogen-bond donors (Lipinski definition) is 0. The number of aromatic nitrogens is 1. The van der Waals surface area contributed by atoms with Crippen LogP contribution in [0.25, 0.3) is 0 Å². The van der Waals surface area contributed by atoms with Gasteiger partial charge in [-0.2, -0.15) is 0 Å². The molecule has 1 aromatic heterocycles. The molecule has 9 heteroatoms. The van der Waals surface area contributed by atoms with Crippen molar-refractivity contribution in [1.29, 1.82) is 0 Å². The number of carbonyl (C=O) groups is 2. The van der Waals surface area contributed by atoms with E-state index in [4.69, 9.17) is 18.9 Å². The first-order valence-electron chi connectivity index (χ1n) is 9.19. The molecule has 2 unspecified atom stereocenters. The van der Waals surface area contributed by atoms with Crippen LogP contribution < -0.4 is 0 Å². The van der Waals surface area contributed by atoms with E-state index >= 15 is 0 Å². The first kappa shape index (κ1) is 22.6. The van der Waals surface area contributed by atoms with Crippen LogP contribution in [0.4, 0.5) is 4.79 Å². The van der Waals surface area contributed by atoms with Crippen molar-refractivity contribution in [2.45, 2.75) is 57.3 Å². The third-order valence-electron chi connectivity index (χ3n) is 4.55. The molecule has 1 aromatic rings. The highest BCUT2D eigenvalue weighted by molar-refractivity contribution is 7.11. The lowest BCUT2D eigenvalue weighted by Crippen LogP contribution is -2.49. The quantitative estimate of drug-likeness (QED) is 0.634. The van der Waals surface area contributed by atoms with Gasteiger partial charge in [-0.25, -0.2) is 9.78 Å². The maximum atomic E-state index is 13.0. The zero-order valence-electron chi connectivity index (χ0n) is 17.4. The zero-order valence-corrected chi connectivity index (χ0v) is 18.3. The van der Waals surface area contributed by atoms with Gasteiger partial charge in [0.25, 0.3) is 0 Å². The second kappa shape index (κ2) is 9.19. The molecule has 1 amide bonds. The molecule has 2 heterocycles. The van der Waals surface area contributed by atoms with Gasteiger partial charge in [0, 0.05) is 31.7 Å². The number of amides is 1. The van der Waals surface area contributed by atoms with Crippen molar-refractivity contribution in [3.63, 3.8) is 0 Å². The third-order valence-corrected chi connectivity index (χ3v) is 5.80. The van der Waals surface area contributed by atoms with Crippen molar-refractivity contribution >= 4 is 23.4 Å². The van der Waals surface area contributed by atoms with Gasteiger partial charge in [0.05, 0.1) is 32.8 Å². The molecular weight excluding hydrogens is 384 g/mol. The number of hydrogen-bond acceptors (Lipinski definition) is 8. The second-order valence-corrected chi connectivity index (χ2v) is 8.94. The molecule has 8 nitrogen and oxygen atoms in total. The SMILES string of the molecule is COCC1(c2ncc(CCC(=O)OC)s2)CC(OC)CN1C(=O)OC(C)(C)C. The Morgan fingerprint density at radius 1 is 1.32 bits per heavy atom. The summed E-state index contributed by atoms with van der Waals surface area (Å²) < 4.78 is 21.4. The fourth-order valence-corrected chi connectivity index (χ4v) is 4.37. The van der Waals surface area contributed by atoms with Crippen LogP contribution in [0.2, 0.25) is 0 Å². The van der Waals surface area contributed by atoms with Crippen molar-refractivity contribution in [2.24, 2.45) is 0 Å². The molecular formula is C19H30N2O6S. The zero-order chi connectivity index (χ0) is 20.9. The average Bonchev–Trinajstić information content (AvgIpc) is 3.24. The lowest BCUT2D eigenvalue weighted by atomic mass is 9.97. The molecule has 1 fully saturated rings. The maximum absolute atomic E-state index is 13.0. The first-order chi connectivity index (χ1) is 13.1. The van der Waals surface area contributed by atoms with Gasteiger partial charge >= 0.3 is 12.1 Å². The highest BCUT2D eigenvalue weighted by Crippen LogP contribution is 2.43. The minimum Gasteiger partial charge on any atom is -0.469 e. The molecule has 2 rings (SSSR count). The van der Waals surface area contributed by atoms with E-state index in [1.54, 1.807) is 25.3 Å². The van der Waals surface area contributed by atoms with E-state index in [2.05, 4.69) is 4.98 Å². The van der Waals surface area contributed by atoms with Gasteiger partial charge < -0.3 is 18.9 Å². The van der Waals surface area contributed by atoms with Gasteiger partial charge in [-0.05, 0) is 27.2 Å². The van der Waals surface area contributed by atoms with Gasteiger partial charge in [0.2, 0.25) is 0 Å². The summed E-state index contributed by atoms with van der Waals surface area (Å²) >= 11 is 1.47. The summed E-state index contributed by atoms with van der Waals surface area (Å²) in [6.45, 7) is 6.17. The van der Waals surface area contributed by atoms with Crippen molar-refractivity contribution in [3.8, 4) is 0 Å². The van der Waals surface area contributed by atoms with E-state index in [9.17, 15) is 9.59 Å². The second-order valence-electron chi connectivity index (χ2n) is 7.83. The van der Waals surface area contributed by atoms with Gasteiger partial charge in [-0.1, -0.05) is 0 Å². The molecule has 2 atom stereocenters. The summed E-state index contributed by atoms with van der Waals surface area (Å²) in [5, 5.41) is 0.750. The molecule has 0 spiro atoms. The summed E-state index contributed by atoms with van der Waals surface area (Å²) in [6, 6.07) is 0. The number of nitrogens with zero attached hydrogens (tertiary/aromatic N) is 2. The van der Waals surface area contributed by atoms with E-state index in [1.165, 1.54) is 18.4 Å². The Labute approximate surface area is 170 Å². The molecule has 1 aliphatic heterocycles. The highest BCUT2D eigenvalue weighted by atomic mass is 32.1. The molecule has 1 aliphatic rings. The number of likely N-dealkylation sites (tertiary alicyclic amines) is 1. The fourth-order valence-electron chi connectivity index (χ4n) is 3.26. The van der Waals surface area contributed by atoms with Crippen LogP contribution in [-0.4, -0.2) is 68.1 Å². The normalized spacial score (nSPS) is 22.4. The molecule has 0 aliphatic carbocycles. The molecule has 0 radical (unpaired) electrons. The van der Waals surface area contributed by atoms with E-state index < -0.39 is 17.2 Å². The predicted molar refractivity (Wildman–Crippen MR) is 104 cm³/mol. The summed E-state index contributed by atoms with van der Waals surface area (Å²) in [6.07, 6.45) is 2.55. The molecule has 0 saturated carbocycles. The van der Waals surface area contributed by atoms with Crippen molar-refractivity contribution < 1.29 is 28.5 Å². The van der Waals surface area contributed by atoms with Crippen LogP contribution in [0, 0.1) is 0 Å². The van der Waals surface area contributed by atoms with Crippen molar-refractivity contribution in [1.82, 2.24) is 9.88 Å². The Morgan fingerprint density at radius 3 is 2.61 bits per heavy atom. The van der Waals surface area contributed by atoms with E-state index in [0.29, 0.717) is 19.4 Å². The smallest absolute Gasteiger partial charge is 0.411 e. The predicted octanol–water partition coefficient (Wildman–Crippen LogP) is 2.75. The van der Waals surface area contributed by atoms with Crippen molar-refractivity contribution in [3.05, 3.63) is 16.1 Å². The van der Waals surface area contributed by atoms with Gasteiger partial charge in [-0.3, -0.25) is 9.69 Å². The topological polar surface area (TPSA) is 87.2 Å². The van der Waals surface area contributed by atoms with Gasteiger partial charge in [0.15, 0.2) is 0 Å². The number of aryl methyl sites for hydroxylation is 1. The Morgan fingerprint density at radius 2 is 2.04 bits per heavy atom. The number of rotatable bonds is 7. The van der Waals surface area contributed by atoms with Gasteiger partial charge in [-0.15, -0.1) is 11.3 Å². The minimum absolute atomic E-state index is 0.148. The summed E-state index contributed by atoms with van der Waals surface area (Å²) in [7, 11) is 4.60. The molecule has 0 aromatic carbocycles. The standard InChI is InChI=1S/C19H30N2O6S/c1-18(2,3)27-17(23)21-11-13(25-5)9-19(21,12-24-4)16-20-10-14(28-16)7-8-15(22)26-6/h10,13H,7-9,11-12H2,1-6H3. The van der Waals surface area contributed by atoms with Crippen LogP contribution in [0.3, 0.4) is 0 Å². The highest BCUT2D eigenvalue weighted by Gasteiger charge is 2.52. The van der Waals surface area contributed by atoms with Crippen LogP contribution in [-0.2, 0) is 35.7 Å². The average molecular weight is 415 g/mol. The number of esters is 1. The van der Waals surface area contributed by atoms with Crippen LogP contribution in [0.1, 0.15) is 43.5 Å². The lowest BCUT2D eigenvalue weighted by molar-refractivity contribution is -0.140. The summed E-state index contributed by atoms with van der Waals surface area (Å²) in [5.41, 5.74) is -1.39. The molecule has 158 valence electrons. The van der Waals surface area contributed by atoms with E-state index in [1.807, 2.05) is 20.8 Å². The minimum atomic E-state index is -0.772. The maximum Gasteiger partial charge on any atom is 0.411 e. The monoisotopic (exact) mass is 414 g/mol. The van der Waals surface area contributed by atoms with E-state index in [-0.39, 0.29) is 25.1 Å². The lowest BCUT2D eigenvalue weighted by Gasteiger charge is -2.36. The fraction of sp³-hybridized carbons (Fsp3) is 0.737. The van der Waals surface area contributed by atoms with E-state index in [0.717, 1.165) is 9.88 Å². The summed E-state index contributed by atoms with van der Waals surface area (Å²) in [5.74, 6) is -0.266. The molecule has 0 bridgehead atoms. The third kappa shape index (κ3) is 5.21.